The predicted molar refractivity (Wildman–Crippen MR) is 112 cm³/mol. The molecule has 28 heavy (non-hydrogen) atoms. The van der Waals surface area contributed by atoms with Crippen LogP contribution in [0.15, 0.2) is 23.7 Å². The average Bonchev–Trinajstić information content (AvgIpc) is 3.24. The van der Waals surface area contributed by atoms with E-state index in [1.165, 1.54) is 40.7 Å². The van der Waals surface area contributed by atoms with Crippen LogP contribution in [-0.4, -0.2) is 21.8 Å². The van der Waals surface area contributed by atoms with Crippen molar-refractivity contribution in [2.24, 2.45) is 0 Å². The number of halogens is 1. The fourth-order valence-electron chi connectivity index (χ4n) is 2.71. The SMILES string of the molecule is CC(=O)N(c1nc(COC(=O)c2cnc(C)s2)cs1)c1c(C)cc(C)cc1Cl. The van der Waals surface area contributed by atoms with Crippen LogP contribution in [0.2, 0.25) is 5.02 Å². The van der Waals surface area contributed by atoms with Gasteiger partial charge in [-0.2, -0.15) is 0 Å². The molecule has 0 saturated carbocycles. The molecule has 1 aromatic carbocycles. The first-order valence-electron chi connectivity index (χ1n) is 8.37. The Kier molecular flexibility index (Phi) is 6.12. The molecule has 2 heterocycles. The van der Waals surface area contributed by atoms with E-state index in [9.17, 15) is 9.59 Å². The van der Waals surface area contributed by atoms with Crippen LogP contribution < -0.4 is 4.90 Å². The van der Waals surface area contributed by atoms with Crippen molar-refractivity contribution in [2.45, 2.75) is 34.3 Å². The molecule has 6 nitrogen and oxygen atoms in total. The monoisotopic (exact) mass is 435 g/mol. The summed E-state index contributed by atoms with van der Waals surface area (Å²) >= 11 is 8.98. The number of amides is 1. The van der Waals surface area contributed by atoms with E-state index in [4.69, 9.17) is 16.3 Å². The number of benzene rings is 1. The number of ether oxygens (including phenoxy) is 1. The largest absolute Gasteiger partial charge is 0.455 e. The van der Waals surface area contributed by atoms with E-state index in [2.05, 4.69) is 9.97 Å². The average molecular weight is 436 g/mol. The van der Waals surface area contributed by atoms with E-state index in [1.807, 2.05) is 32.9 Å². The number of carbonyl (C=O) groups excluding carboxylic acids is 2. The maximum atomic E-state index is 12.3. The van der Waals surface area contributed by atoms with Gasteiger partial charge in [0, 0.05) is 12.3 Å². The fraction of sp³-hybridized carbons (Fsp3) is 0.263. The summed E-state index contributed by atoms with van der Waals surface area (Å²) in [5.74, 6) is -0.645. The van der Waals surface area contributed by atoms with Gasteiger partial charge >= 0.3 is 5.97 Å². The number of nitrogens with zero attached hydrogens (tertiary/aromatic N) is 3. The zero-order chi connectivity index (χ0) is 20.4. The van der Waals surface area contributed by atoms with Gasteiger partial charge in [-0.25, -0.2) is 14.8 Å². The Morgan fingerprint density at radius 2 is 2.00 bits per heavy atom. The molecule has 0 fully saturated rings. The predicted octanol–water partition coefficient (Wildman–Crippen LogP) is 5.22. The number of rotatable bonds is 5. The number of esters is 1. The molecule has 0 aliphatic carbocycles. The van der Waals surface area contributed by atoms with Gasteiger partial charge in [0.25, 0.3) is 0 Å². The van der Waals surface area contributed by atoms with Crippen molar-refractivity contribution < 1.29 is 14.3 Å². The van der Waals surface area contributed by atoms with Crippen molar-refractivity contribution >= 4 is 57.0 Å². The van der Waals surface area contributed by atoms with Crippen molar-refractivity contribution in [3.05, 3.63) is 55.4 Å². The maximum absolute atomic E-state index is 12.3. The Bertz CT molecular complexity index is 1020. The smallest absolute Gasteiger partial charge is 0.350 e. The lowest BCUT2D eigenvalue weighted by Crippen LogP contribution is -2.24. The van der Waals surface area contributed by atoms with E-state index in [1.54, 1.807) is 5.38 Å². The summed E-state index contributed by atoms with van der Waals surface area (Å²) in [6, 6.07) is 3.78. The van der Waals surface area contributed by atoms with Crippen LogP contribution in [0.4, 0.5) is 10.8 Å². The van der Waals surface area contributed by atoms with E-state index < -0.39 is 5.97 Å². The lowest BCUT2D eigenvalue weighted by Gasteiger charge is -2.22. The van der Waals surface area contributed by atoms with Gasteiger partial charge in [0.15, 0.2) is 5.13 Å². The van der Waals surface area contributed by atoms with Crippen LogP contribution in [0.5, 0.6) is 0 Å². The molecular formula is C19H18ClN3O3S2. The Balaban J connectivity index is 1.81. The Labute approximate surface area is 175 Å². The minimum atomic E-state index is -0.444. The third-order valence-corrected chi connectivity index (χ3v) is 5.90. The summed E-state index contributed by atoms with van der Waals surface area (Å²) in [4.78, 5) is 34.8. The maximum Gasteiger partial charge on any atom is 0.350 e. The normalized spacial score (nSPS) is 10.8. The second kappa shape index (κ2) is 8.38. The van der Waals surface area contributed by atoms with Crippen LogP contribution in [0.1, 0.15) is 38.4 Å². The molecule has 0 aliphatic heterocycles. The minimum absolute atomic E-state index is 0.0125. The number of aryl methyl sites for hydroxylation is 3. The summed E-state index contributed by atoms with van der Waals surface area (Å²) < 4.78 is 5.30. The van der Waals surface area contributed by atoms with Crippen molar-refractivity contribution in [1.82, 2.24) is 9.97 Å². The van der Waals surface area contributed by atoms with Crippen LogP contribution >= 0.6 is 34.3 Å². The summed E-state index contributed by atoms with van der Waals surface area (Å²) in [5, 5.41) is 3.51. The molecule has 3 aromatic rings. The second-order valence-corrected chi connectivity index (χ2v) is 8.69. The van der Waals surface area contributed by atoms with Crippen molar-refractivity contribution in [1.29, 1.82) is 0 Å². The molecule has 9 heteroatoms. The highest BCUT2D eigenvalue weighted by Crippen LogP contribution is 2.37. The van der Waals surface area contributed by atoms with E-state index in [0.29, 0.717) is 26.4 Å². The van der Waals surface area contributed by atoms with Crippen LogP contribution in [0, 0.1) is 20.8 Å². The Morgan fingerprint density at radius 1 is 1.25 bits per heavy atom. The molecule has 146 valence electrons. The Morgan fingerprint density at radius 3 is 2.61 bits per heavy atom. The molecule has 2 aromatic heterocycles. The zero-order valence-electron chi connectivity index (χ0n) is 15.8. The molecule has 1 amide bonds. The number of hydrogen-bond acceptors (Lipinski definition) is 7. The van der Waals surface area contributed by atoms with Gasteiger partial charge in [-0.3, -0.25) is 9.69 Å². The van der Waals surface area contributed by atoms with E-state index in [0.717, 1.165) is 16.1 Å². The molecule has 0 aliphatic rings. The van der Waals surface area contributed by atoms with Gasteiger partial charge in [-0.1, -0.05) is 17.7 Å². The summed E-state index contributed by atoms with van der Waals surface area (Å²) in [6.07, 6.45) is 1.49. The highest BCUT2D eigenvalue weighted by Gasteiger charge is 2.23. The Hall–Kier alpha value is -2.29. The quantitative estimate of drug-likeness (QED) is 0.513. The van der Waals surface area contributed by atoms with E-state index >= 15 is 0 Å². The number of thiazole rings is 2. The first-order chi connectivity index (χ1) is 13.3. The summed E-state index contributed by atoms with van der Waals surface area (Å²) in [7, 11) is 0. The van der Waals surface area contributed by atoms with Crippen LogP contribution in [0.3, 0.4) is 0 Å². The van der Waals surface area contributed by atoms with Gasteiger partial charge in [0.05, 0.1) is 27.6 Å². The zero-order valence-corrected chi connectivity index (χ0v) is 18.2. The fourth-order valence-corrected chi connectivity index (χ4v) is 4.65. The molecule has 0 radical (unpaired) electrons. The molecule has 3 rings (SSSR count). The summed E-state index contributed by atoms with van der Waals surface area (Å²) in [6.45, 7) is 7.14. The number of anilines is 2. The first-order valence-corrected chi connectivity index (χ1v) is 10.4. The van der Waals surface area contributed by atoms with Crippen molar-refractivity contribution in [3.63, 3.8) is 0 Å². The molecular weight excluding hydrogens is 418 g/mol. The second-order valence-electron chi connectivity index (χ2n) is 6.21. The highest BCUT2D eigenvalue weighted by atomic mass is 35.5. The lowest BCUT2D eigenvalue weighted by molar-refractivity contribution is -0.115. The van der Waals surface area contributed by atoms with Crippen LogP contribution in [0.25, 0.3) is 0 Å². The third kappa shape index (κ3) is 4.40. The van der Waals surface area contributed by atoms with Crippen molar-refractivity contribution in [3.8, 4) is 0 Å². The van der Waals surface area contributed by atoms with Crippen molar-refractivity contribution in [2.75, 3.05) is 4.90 Å². The van der Waals surface area contributed by atoms with Gasteiger partial charge in [-0.05, 0) is 38.0 Å². The molecule has 0 spiro atoms. The lowest BCUT2D eigenvalue weighted by atomic mass is 10.1. The standard InChI is InChI=1S/C19H18ClN3O3S2/c1-10-5-11(2)17(15(20)6-10)23(13(4)24)19-22-14(9-27-19)8-26-18(25)16-7-21-12(3)28-16/h5-7,9H,8H2,1-4H3. The highest BCUT2D eigenvalue weighted by molar-refractivity contribution is 7.14. The molecule has 0 unspecified atom stereocenters. The third-order valence-electron chi connectivity index (χ3n) is 3.84. The molecule has 0 saturated heterocycles. The summed E-state index contributed by atoms with van der Waals surface area (Å²) in [5.41, 5.74) is 3.06. The van der Waals surface area contributed by atoms with Gasteiger partial charge in [0.1, 0.15) is 11.5 Å². The van der Waals surface area contributed by atoms with E-state index in [-0.39, 0.29) is 12.5 Å². The molecule has 0 bridgehead atoms. The molecule has 0 N–H and O–H groups in total. The van der Waals surface area contributed by atoms with Gasteiger partial charge < -0.3 is 4.74 Å². The van der Waals surface area contributed by atoms with Gasteiger partial charge in [-0.15, -0.1) is 22.7 Å². The van der Waals surface area contributed by atoms with Crippen LogP contribution in [-0.2, 0) is 16.1 Å². The molecule has 0 atom stereocenters. The number of carbonyl (C=O) groups is 2. The van der Waals surface area contributed by atoms with Gasteiger partial charge in [0.2, 0.25) is 5.91 Å². The number of aromatic nitrogens is 2. The number of hydrogen-bond donors (Lipinski definition) is 0. The first kappa shape index (κ1) is 20.4. The minimum Gasteiger partial charge on any atom is -0.455 e. The topological polar surface area (TPSA) is 72.4 Å².